The third-order valence-electron chi connectivity index (χ3n) is 3.98. The molecule has 0 radical (unpaired) electrons. The lowest BCUT2D eigenvalue weighted by atomic mass is 10.1. The fourth-order valence-electron chi connectivity index (χ4n) is 2.53. The molecule has 5 nitrogen and oxygen atoms in total. The van der Waals surface area contributed by atoms with Crippen molar-refractivity contribution in [3.8, 4) is 0 Å². The second-order valence-corrected chi connectivity index (χ2v) is 8.46. The van der Waals surface area contributed by atoms with Crippen molar-refractivity contribution in [2.45, 2.75) is 11.8 Å². The fourth-order valence-corrected chi connectivity index (χ4v) is 3.94. The molecule has 0 spiro atoms. The van der Waals surface area contributed by atoms with E-state index in [1.807, 2.05) is 12.1 Å². The molecule has 0 heterocycles. The highest BCUT2D eigenvalue weighted by atomic mass is 79.9. The van der Waals surface area contributed by atoms with Crippen LogP contribution in [0.1, 0.15) is 15.9 Å². The highest BCUT2D eigenvalue weighted by molar-refractivity contribution is 9.10. The summed E-state index contributed by atoms with van der Waals surface area (Å²) >= 11 is 3.35. The van der Waals surface area contributed by atoms with Gasteiger partial charge in [-0.05, 0) is 61.0 Å². The predicted molar refractivity (Wildman–Crippen MR) is 111 cm³/mol. The summed E-state index contributed by atoms with van der Waals surface area (Å²) in [5.41, 5.74) is 1.96. The topological polar surface area (TPSA) is 75.3 Å². The van der Waals surface area contributed by atoms with E-state index in [0.29, 0.717) is 22.5 Å². The summed E-state index contributed by atoms with van der Waals surface area (Å²) in [6.45, 7) is 1.71. The van der Waals surface area contributed by atoms with Crippen molar-refractivity contribution >= 4 is 43.2 Å². The number of benzene rings is 3. The highest BCUT2D eigenvalue weighted by Gasteiger charge is 2.17. The van der Waals surface area contributed by atoms with Crippen molar-refractivity contribution in [1.29, 1.82) is 0 Å². The van der Waals surface area contributed by atoms with E-state index in [4.69, 9.17) is 0 Å². The van der Waals surface area contributed by atoms with Gasteiger partial charge in [0.25, 0.3) is 15.9 Å². The summed E-state index contributed by atoms with van der Waals surface area (Å²) < 4.78 is 28.6. The zero-order valence-electron chi connectivity index (χ0n) is 14.4. The van der Waals surface area contributed by atoms with E-state index in [9.17, 15) is 13.2 Å². The minimum atomic E-state index is -3.73. The Bertz CT molecular complexity index is 1070. The Kier molecular flexibility index (Phi) is 5.62. The quantitative estimate of drug-likeness (QED) is 0.592. The number of rotatable bonds is 5. The van der Waals surface area contributed by atoms with E-state index in [2.05, 4.69) is 26.0 Å². The fraction of sp³-hybridized carbons (Fsp3) is 0.0500. The van der Waals surface area contributed by atoms with E-state index in [1.165, 1.54) is 12.1 Å². The first-order valence-corrected chi connectivity index (χ1v) is 10.4. The van der Waals surface area contributed by atoms with Crippen LogP contribution in [0, 0.1) is 6.92 Å². The first-order valence-electron chi connectivity index (χ1n) is 8.11. The lowest BCUT2D eigenvalue weighted by molar-refractivity contribution is 0.102. The van der Waals surface area contributed by atoms with Gasteiger partial charge in [-0.15, -0.1) is 0 Å². The second-order valence-electron chi connectivity index (χ2n) is 5.86. The van der Waals surface area contributed by atoms with Crippen molar-refractivity contribution in [2.75, 3.05) is 10.0 Å². The average Bonchev–Trinajstić information content (AvgIpc) is 2.66. The van der Waals surface area contributed by atoms with Crippen LogP contribution < -0.4 is 10.0 Å². The summed E-state index contributed by atoms with van der Waals surface area (Å²) in [5, 5.41) is 2.81. The standard InChI is InChI=1S/C20H17BrN2O3S/c1-14-18(20(24)22-16-12-10-15(21)11-13-16)8-5-9-19(14)23-27(25,26)17-6-3-2-4-7-17/h2-13,23H,1H3,(H,22,24). The molecule has 0 atom stereocenters. The average molecular weight is 445 g/mol. The molecule has 0 aliphatic rings. The van der Waals surface area contributed by atoms with Crippen LogP contribution in [0.3, 0.4) is 0 Å². The first-order chi connectivity index (χ1) is 12.9. The minimum Gasteiger partial charge on any atom is -0.322 e. The van der Waals surface area contributed by atoms with Gasteiger partial charge in [-0.3, -0.25) is 9.52 Å². The Morgan fingerprint density at radius 1 is 0.889 bits per heavy atom. The summed E-state index contributed by atoms with van der Waals surface area (Å²) in [5.74, 6) is -0.310. The molecule has 0 aromatic heterocycles. The molecule has 3 aromatic rings. The Labute approximate surface area is 166 Å². The van der Waals surface area contributed by atoms with Crippen LogP contribution in [-0.4, -0.2) is 14.3 Å². The predicted octanol–water partition coefficient (Wildman–Crippen LogP) is 4.81. The molecule has 3 aromatic carbocycles. The molecule has 0 fully saturated rings. The number of carbonyl (C=O) groups excluding carboxylic acids is 1. The molecule has 1 amide bonds. The van der Waals surface area contributed by atoms with Crippen LogP contribution >= 0.6 is 15.9 Å². The largest absolute Gasteiger partial charge is 0.322 e. The van der Waals surface area contributed by atoms with Gasteiger partial charge >= 0.3 is 0 Å². The smallest absolute Gasteiger partial charge is 0.261 e. The van der Waals surface area contributed by atoms with Crippen LogP contribution in [0.25, 0.3) is 0 Å². The number of hydrogen-bond donors (Lipinski definition) is 2. The molecule has 27 heavy (non-hydrogen) atoms. The molecule has 0 saturated carbocycles. The van der Waals surface area contributed by atoms with Crippen molar-refractivity contribution in [2.24, 2.45) is 0 Å². The van der Waals surface area contributed by atoms with Crippen LogP contribution in [-0.2, 0) is 10.0 Å². The number of sulfonamides is 1. The van der Waals surface area contributed by atoms with Crippen LogP contribution in [0.5, 0.6) is 0 Å². The zero-order chi connectivity index (χ0) is 19.4. The maximum Gasteiger partial charge on any atom is 0.261 e. The molecule has 0 bridgehead atoms. The Morgan fingerprint density at radius 3 is 2.22 bits per heavy atom. The van der Waals surface area contributed by atoms with Gasteiger partial charge in [-0.2, -0.15) is 0 Å². The number of amides is 1. The summed E-state index contributed by atoms with van der Waals surface area (Å²) in [7, 11) is -3.73. The van der Waals surface area contributed by atoms with E-state index < -0.39 is 10.0 Å². The van der Waals surface area contributed by atoms with Crippen LogP contribution in [0.2, 0.25) is 0 Å². The van der Waals surface area contributed by atoms with E-state index in [1.54, 1.807) is 55.5 Å². The van der Waals surface area contributed by atoms with E-state index in [-0.39, 0.29) is 10.8 Å². The molecule has 138 valence electrons. The van der Waals surface area contributed by atoms with E-state index in [0.717, 1.165) is 4.47 Å². The molecule has 2 N–H and O–H groups in total. The number of nitrogens with one attached hydrogen (secondary N) is 2. The number of carbonyl (C=O) groups is 1. The Morgan fingerprint density at radius 2 is 1.56 bits per heavy atom. The maximum atomic E-state index is 12.6. The third kappa shape index (κ3) is 4.56. The minimum absolute atomic E-state index is 0.161. The highest BCUT2D eigenvalue weighted by Crippen LogP contribution is 2.24. The van der Waals surface area contributed by atoms with Gasteiger partial charge in [0.1, 0.15) is 0 Å². The summed E-state index contributed by atoms with van der Waals surface area (Å²) in [4.78, 5) is 12.8. The zero-order valence-corrected chi connectivity index (χ0v) is 16.8. The second kappa shape index (κ2) is 7.94. The first kappa shape index (κ1) is 19.1. The van der Waals surface area contributed by atoms with E-state index >= 15 is 0 Å². The van der Waals surface area contributed by atoms with Crippen molar-refractivity contribution in [1.82, 2.24) is 0 Å². The van der Waals surface area contributed by atoms with Gasteiger partial charge in [-0.1, -0.05) is 40.2 Å². The molecular formula is C20H17BrN2O3S. The van der Waals surface area contributed by atoms with Crippen LogP contribution in [0.15, 0.2) is 82.2 Å². The van der Waals surface area contributed by atoms with Gasteiger partial charge in [0.05, 0.1) is 10.6 Å². The number of hydrogen-bond acceptors (Lipinski definition) is 3. The normalized spacial score (nSPS) is 11.0. The molecule has 3 rings (SSSR count). The Hall–Kier alpha value is -2.64. The molecule has 0 saturated heterocycles. The van der Waals surface area contributed by atoms with Gasteiger partial charge in [-0.25, -0.2) is 8.42 Å². The van der Waals surface area contributed by atoms with Gasteiger partial charge in [0.2, 0.25) is 0 Å². The van der Waals surface area contributed by atoms with Gasteiger partial charge in [0.15, 0.2) is 0 Å². The lowest BCUT2D eigenvalue weighted by Crippen LogP contribution is -2.17. The van der Waals surface area contributed by atoms with Gasteiger partial charge in [0, 0.05) is 15.7 Å². The SMILES string of the molecule is Cc1c(NS(=O)(=O)c2ccccc2)cccc1C(=O)Nc1ccc(Br)cc1. The lowest BCUT2D eigenvalue weighted by Gasteiger charge is -2.14. The number of halogens is 1. The van der Waals surface area contributed by atoms with Crippen LogP contribution in [0.4, 0.5) is 11.4 Å². The van der Waals surface area contributed by atoms with Crippen molar-refractivity contribution in [3.05, 3.63) is 88.4 Å². The molecule has 0 aliphatic heterocycles. The maximum absolute atomic E-state index is 12.6. The molecule has 7 heteroatoms. The monoisotopic (exact) mass is 444 g/mol. The summed E-state index contributed by atoms with van der Waals surface area (Å²) in [6.07, 6.45) is 0. The molecule has 0 aliphatic carbocycles. The molecular weight excluding hydrogens is 428 g/mol. The number of anilines is 2. The van der Waals surface area contributed by atoms with Crippen molar-refractivity contribution < 1.29 is 13.2 Å². The summed E-state index contributed by atoms with van der Waals surface area (Å²) in [6, 6.07) is 20.2. The molecule has 0 unspecified atom stereocenters. The van der Waals surface area contributed by atoms with Crippen molar-refractivity contribution in [3.63, 3.8) is 0 Å². The van der Waals surface area contributed by atoms with Gasteiger partial charge < -0.3 is 5.32 Å². The Balaban J connectivity index is 1.85. The third-order valence-corrected chi connectivity index (χ3v) is 5.89.